The van der Waals surface area contributed by atoms with Crippen molar-refractivity contribution < 1.29 is 14.7 Å². The van der Waals surface area contributed by atoms with Gasteiger partial charge in [-0.2, -0.15) is 0 Å². The van der Waals surface area contributed by atoms with Gasteiger partial charge in [0.25, 0.3) is 0 Å². The first-order chi connectivity index (χ1) is 18.0. The fourth-order valence-corrected chi connectivity index (χ4v) is 4.45. The van der Waals surface area contributed by atoms with Crippen molar-refractivity contribution >= 4 is 24.1 Å². The van der Waals surface area contributed by atoms with Crippen LogP contribution in [0.15, 0.2) is 55.2 Å². The average molecular weight is 538 g/mol. The van der Waals surface area contributed by atoms with Crippen LogP contribution < -0.4 is 5.32 Å². The monoisotopic (exact) mass is 537 g/mol. The van der Waals surface area contributed by atoms with Gasteiger partial charge in [-0.3, -0.25) is 19.6 Å². The van der Waals surface area contributed by atoms with E-state index in [-0.39, 0.29) is 18.9 Å². The van der Waals surface area contributed by atoms with Gasteiger partial charge in [0, 0.05) is 55.2 Å². The molecule has 8 nitrogen and oxygen atoms in total. The summed E-state index contributed by atoms with van der Waals surface area (Å²) in [6.07, 6.45) is 9.81. The minimum absolute atomic E-state index is 0.0911. The average Bonchev–Trinajstić information content (AvgIpc) is 2.84. The Morgan fingerprint density at radius 2 is 1.76 bits per heavy atom. The van der Waals surface area contributed by atoms with Crippen molar-refractivity contribution in [3.63, 3.8) is 0 Å². The highest BCUT2D eigenvalue weighted by Crippen LogP contribution is 2.25. The summed E-state index contributed by atoms with van der Waals surface area (Å²) >= 11 is 5.58. The molecule has 0 aliphatic rings. The van der Waals surface area contributed by atoms with E-state index in [2.05, 4.69) is 35.2 Å². The number of nitrogens with one attached hydrogen (secondary N) is 1. The predicted octanol–water partition coefficient (Wildman–Crippen LogP) is 5.22. The molecule has 0 aliphatic heterocycles. The van der Waals surface area contributed by atoms with E-state index < -0.39 is 12.0 Å². The van der Waals surface area contributed by atoms with E-state index in [1.54, 1.807) is 6.20 Å². The van der Waals surface area contributed by atoms with Crippen LogP contribution >= 0.6 is 12.2 Å². The Morgan fingerprint density at radius 1 is 1.08 bits per heavy atom. The molecule has 204 valence electrons. The first-order valence-electron chi connectivity index (χ1n) is 12.7. The lowest BCUT2D eigenvalue weighted by atomic mass is 10.00. The summed E-state index contributed by atoms with van der Waals surface area (Å²) < 4.78 is 2.47. The highest BCUT2D eigenvalue weighted by molar-refractivity contribution is 7.71. The Kier molecular flexibility index (Phi) is 12.2. The van der Waals surface area contributed by atoms with E-state index in [1.807, 2.05) is 80.4 Å². The number of nitrogens with zero attached hydrogens (tertiary/aromatic N) is 4. The van der Waals surface area contributed by atoms with E-state index in [4.69, 9.17) is 17.3 Å². The molecule has 0 aliphatic carbocycles. The Balaban J connectivity index is 0.000000304. The highest BCUT2D eigenvalue weighted by atomic mass is 32.1. The van der Waals surface area contributed by atoms with Crippen molar-refractivity contribution in [2.75, 3.05) is 20.6 Å². The molecule has 0 saturated carbocycles. The molecule has 0 saturated heterocycles. The summed E-state index contributed by atoms with van der Waals surface area (Å²) in [7, 11) is 3.94. The van der Waals surface area contributed by atoms with Gasteiger partial charge in [0.15, 0.2) is 0 Å². The van der Waals surface area contributed by atoms with Gasteiger partial charge in [-0.15, -0.1) is 0 Å². The van der Waals surface area contributed by atoms with Crippen LogP contribution in [-0.2, 0) is 16.1 Å². The van der Waals surface area contributed by atoms with E-state index in [1.165, 1.54) is 16.7 Å². The molecular formula is C29H39N5O3S. The molecule has 38 heavy (non-hydrogen) atoms. The summed E-state index contributed by atoms with van der Waals surface area (Å²) in [5, 5.41) is 11.4. The van der Waals surface area contributed by atoms with Gasteiger partial charge in [0.1, 0.15) is 10.7 Å². The SMILES string of the molecule is CC(C)CC(C(=O)NCCC(=O)O)n1cccc(CN(C)C)c1=S.Cc1cncc(C)c1-c1cccnc1. The first-order valence-corrected chi connectivity index (χ1v) is 13.1. The Labute approximate surface area is 230 Å². The van der Waals surface area contributed by atoms with E-state index in [0.717, 1.165) is 11.1 Å². The number of hydrogen-bond acceptors (Lipinski definition) is 6. The lowest BCUT2D eigenvalue weighted by molar-refractivity contribution is -0.137. The summed E-state index contributed by atoms with van der Waals surface area (Å²) in [6.45, 7) is 9.06. The molecule has 0 bridgehead atoms. The zero-order valence-electron chi connectivity index (χ0n) is 23.1. The largest absolute Gasteiger partial charge is 0.481 e. The van der Waals surface area contributed by atoms with Crippen LogP contribution in [0, 0.1) is 24.4 Å². The van der Waals surface area contributed by atoms with Gasteiger partial charge in [0.2, 0.25) is 5.91 Å². The second-order valence-corrected chi connectivity index (χ2v) is 10.3. The molecule has 3 aromatic heterocycles. The number of carboxylic acid groups (broad SMARTS) is 1. The second-order valence-electron chi connectivity index (χ2n) is 9.95. The van der Waals surface area contributed by atoms with Gasteiger partial charge >= 0.3 is 5.97 Å². The third-order valence-electron chi connectivity index (χ3n) is 5.79. The highest BCUT2D eigenvalue weighted by Gasteiger charge is 2.22. The number of aromatic nitrogens is 3. The molecule has 9 heteroatoms. The number of carbonyl (C=O) groups excluding carboxylic acids is 1. The fourth-order valence-electron chi connectivity index (χ4n) is 4.13. The van der Waals surface area contributed by atoms with E-state index >= 15 is 0 Å². The van der Waals surface area contributed by atoms with Crippen LogP contribution in [0.25, 0.3) is 11.1 Å². The van der Waals surface area contributed by atoms with Crippen LogP contribution in [0.1, 0.15) is 49.4 Å². The molecule has 3 aromatic rings. The molecule has 0 spiro atoms. The number of hydrogen-bond donors (Lipinski definition) is 2. The maximum Gasteiger partial charge on any atom is 0.305 e. The second kappa shape index (κ2) is 15.1. The molecule has 3 heterocycles. The van der Waals surface area contributed by atoms with Crippen molar-refractivity contribution in [2.45, 2.75) is 53.1 Å². The van der Waals surface area contributed by atoms with Crippen molar-refractivity contribution in [1.29, 1.82) is 0 Å². The van der Waals surface area contributed by atoms with E-state index in [0.29, 0.717) is 23.5 Å². The molecule has 1 amide bonds. The van der Waals surface area contributed by atoms with E-state index in [9.17, 15) is 9.59 Å². The summed E-state index contributed by atoms with van der Waals surface area (Å²) in [5.41, 5.74) is 5.78. The van der Waals surface area contributed by atoms with Gasteiger partial charge in [-0.25, -0.2) is 0 Å². The predicted molar refractivity (Wildman–Crippen MR) is 153 cm³/mol. The molecule has 1 atom stereocenters. The number of pyridine rings is 3. The van der Waals surface area contributed by atoms with Gasteiger partial charge in [-0.1, -0.05) is 38.2 Å². The van der Waals surface area contributed by atoms with Crippen LogP contribution in [0.2, 0.25) is 0 Å². The number of carboxylic acids is 1. The smallest absolute Gasteiger partial charge is 0.305 e. The number of aryl methyl sites for hydroxylation is 2. The minimum Gasteiger partial charge on any atom is -0.481 e. The van der Waals surface area contributed by atoms with Crippen molar-refractivity contribution in [2.24, 2.45) is 5.92 Å². The molecule has 0 radical (unpaired) electrons. The third kappa shape index (κ3) is 9.46. The summed E-state index contributed by atoms with van der Waals surface area (Å²) in [4.78, 5) is 33.5. The molecule has 3 rings (SSSR count). The van der Waals surface area contributed by atoms with Gasteiger partial charge < -0.3 is 19.9 Å². The minimum atomic E-state index is -0.930. The normalized spacial score (nSPS) is 11.6. The molecule has 0 aromatic carbocycles. The lowest BCUT2D eigenvalue weighted by Gasteiger charge is -2.23. The first kappa shape index (κ1) is 30.8. The number of amides is 1. The third-order valence-corrected chi connectivity index (χ3v) is 6.26. The van der Waals surface area contributed by atoms with Crippen molar-refractivity contribution in [3.05, 3.63) is 76.6 Å². The zero-order valence-corrected chi connectivity index (χ0v) is 24.0. The standard InChI is InChI=1S/C17H27N3O3S.C12H12N2/c1-12(2)10-14(16(23)18-8-7-15(21)22)20-9-5-6-13(17(20)24)11-19(3)4;1-9-6-14-7-10(2)12(9)11-4-3-5-13-8-11/h5-6,9,12,14H,7-8,10-11H2,1-4H3,(H,18,23)(H,21,22);3-8H,1-2H3. The summed E-state index contributed by atoms with van der Waals surface area (Å²) in [5.74, 6) is -0.817. The van der Waals surface area contributed by atoms with Gasteiger partial charge in [-0.05, 0) is 69.1 Å². The van der Waals surface area contributed by atoms with Crippen LogP contribution in [-0.4, -0.2) is 57.1 Å². The Hall–Kier alpha value is -3.43. The fraction of sp³-hybridized carbons (Fsp3) is 0.414. The van der Waals surface area contributed by atoms with Crippen molar-refractivity contribution in [1.82, 2.24) is 24.8 Å². The maximum absolute atomic E-state index is 12.6. The van der Waals surface area contributed by atoms with Crippen LogP contribution in [0.5, 0.6) is 0 Å². The van der Waals surface area contributed by atoms with Crippen LogP contribution in [0.4, 0.5) is 0 Å². The molecule has 1 unspecified atom stereocenters. The molecule has 2 N–H and O–H groups in total. The lowest BCUT2D eigenvalue weighted by Crippen LogP contribution is -2.35. The Bertz CT molecular complexity index is 1240. The number of carbonyl (C=O) groups is 2. The molecular weight excluding hydrogens is 498 g/mol. The summed E-state index contributed by atoms with van der Waals surface area (Å²) in [6, 6.07) is 7.45. The number of rotatable bonds is 10. The maximum atomic E-state index is 12.6. The quantitative estimate of drug-likeness (QED) is 0.342. The number of aliphatic carboxylic acids is 1. The van der Waals surface area contributed by atoms with Crippen molar-refractivity contribution in [3.8, 4) is 11.1 Å². The molecule has 0 fully saturated rings. The Morgan fingerprint density at radius 3 is 2.32 bits per heavy atom. The zero-order chi connectivity index (χ0) is 28.2. The van der Waals surface area contributed by atoms with Gasteiger partial charge in [0.05, 0.1) is 6.42 Å². The van der Waals surface area contributed by atoms with Crippen LogP contribution in [0.3, 0.4) is 0 Å². The topological polar surface area (TPSA) is 100 Å².